The van der Waals surface area contributed by atoms with Crippen LogP contribution in [0.2, 0.25) is 0 Å². The van der Waals surface area contributed by atoms with E-state index < -0.39 is 0 Å². The van der Waals surface area contributed by atoms with Crippen LogP contribution in [0, 0.1) is 18.8 Å². The minimum Gasteiger partial charge on any atom is -0.377 e. The van der Waals surface area contributed by atoms with Gasteiger partial charge in [-0.1, -0.05) is 6.07 Å². The molecule has 4 nitrogen and oxygen atoms in total. The van der Waals surface area contributed by atoms with Crippen molar-refractivity contribution in [2.75, 3.05) is 32.8 Å². The predicted octanol–water partition coefficient (Wildman–Crippen LogP) is 3.19. The van der Waals surface area contributed by atoms with Gasteiger partial charge in [0.05, 0.1) is 12.2 Å². The SMILES string of the molecule is Cc1cncc(COCC[C@H]2CCOC3(C2)CN(CC2CC2)C3)c1. The molecule has 0 N–H and O–H groups in total. The molecule has 4 rings (SSSR count). The van der Waals surface area contributed by atoms with Gasteiger partial charge >= 0.3 is 0 Å². The van der Waals surface area contributed by atoms with E-state index in [1.807, 2.05) is 12.4 Å². The van der Waals surface area contributed by atoms with Crippen LogP contribution in [0.1, 0.15) is 43.2 Å². The molecule has 3 aliphatic rings. The maximum Gasteiger partial charge on any atom is 0.0937 e. The molecule has 0 unspecified atom stereocenters. The van der Waals surface area contributed by atoms with Gasteiger partial charge in [-0.3, -0.25) is 9.88 Å². The Morgan fingerprint density at radius 2 is 2.12 bits per heavy atom. The number of likely N-dealkylation sites (tertiary alicyclic amines) is 1. The third-order valence-electron chi connectivity index (χ3n) is 5.70. The first-order chi connectivity index (χ1) is 11.7. The van der Waals surface area contributed by atoms with Gasteiger partial charge in [-0.15, -0.1) is 0 Å². The van der Waals surface area contributed by atoms with Crippen LogP contribution in [-0.2, 0) is 16.1 Å². The number of hydrogen-bond donors (Lipinski definition) is 0. The van der Waals surface area contributed by atoms with E-state index in [4.69, 9.17) is 9.47 Å². The maximum absolute atomic E-state index is 6.16. The van der Waals surface area contributed by atoms with Crippen molar-refractivity contribution >= 4 is 0 Å². The van der Waals surface area contributed by atoms with Crippen molar-refractivity contribution in [2.45, 2.75) is 51.2 Å². The first kappa shape index (κ1) is 16.5. The summed E-state index contributed by atoms with van der Waals surface area (Å²) in [6.45, 7) is 8.17. The summed E-state index contributed by atoms with van der Waals surface area (Å²) in [6.07, 6.45) is 10.3. The molecule has 3 fully saturated rings. The van der Waals surface area contributed by atoms with E-state index in [1.54, 1.807) is 0 Å². The Bertz CT molecular complexity index is 552. The summed E-state index contributed by atoms with van der Waals surface area (Å²) in [5.74, 6) is 1.75. The number of hydrogen-bond acceptors (Lipinski definition) is 4. The Morgan fingerprint density at radius 1 is 1.25 bits per heavy atom. The number of nitrogens with zero attached hydrogens (tertiary/aromatic N) is 2. The molecule has 0 bridgehead atoms. The lowest BCUT2D eigenvalue weighted by atomic mass is 9.79. The van der Waals surface area contributed by atoms with Gasteiger partial charge in [0, 0.05) is 45.2 Å². The lowest BCUT2D eigenvalue weighted by molar-refractivity contribution is -0.180. The van der Waals surface area contributed by atoms with Gasteiger partial charge in [0.15, 0.2) is 0 Å². The summed E-state index contributed by atoms with van der Waals surface area (Å²) < 4.78 is 12.0. The van der Waals surface area contributed by atoms with E-state index in [-0.39, 0.29) is 5.60 Å². The van der Waals surface area contributed by atoms with Gasteiger partial charge in [-0.25, -0.2) is 0 Å². The Hall–Kier alpha value is -0.970. The van der Waals surface area contributed by atoms with Crippen LogP contribution in [0.4, 0.5) is 0 Å². The van der Waals surface area contributed by atoms with Crippen molar-refractivity contribution in [1.29, 1.82) is 0 Å². The summed E-state index contributed by atoms with van der Waals surface area (Å²) in [7, 11) is 0. The van der Waals surface area contributed by atoms with Crippen LogP contribution < -0.4 is 0 Å². The average Bonchev–Trinajstić information content (AvgIpc) is 3.35. The molecule has 1 saturated carbocycles. The Kier molecular flexibility index (Phi) is 4.88. The molecule has 24 heavy (non-hydrogen) atoms. The van der Waals surface area contributed by atoms with E-state index in [0.29, 0.717) is 6.61 Å². The van der Waals surface area contributed by atoms with E-state index >= 15 is 0 Å². The molecule has 1 atom stereocenters. The van der Waals surface area contributed by atoms with Crippen LogP contribution in [-0.4, -0.2) is 48.3 Å². The minimum atomic E-state index is 0.179. The molecule has 0 amide bonds. The van der Waals surface area contributed by atoms with Crippen LogP contribution in [0.3, 0.4) is 0 Å². The fourth-order valence-electron chi connectivity index (χ4n) is 4.30. The second-order valence-electron chi connectivity index (χ2n) is 8.22. The van der Waals surface area contributed by atoms with Gasteiger partial charge < -0.3 is 9.47 Å². The molecule has 3 heterocycles. The van der Waals surface area contributed by atoms with Crippen molar-refractivity contribution in [2.24, 2.45) is 11.8 Å². The van der Waals surface area contributed by atoms with Crippen LogP contribution in [0.25, 0.3) is 0 Å². The van der Waals surface area contributed by atoms with Gasteiger partial charge in [-0.2, -0.15) is 0 Å². The normalized spacial score (nSPS) is 26.5. The fourth-order valence-corrected chi connectivity index (χ4v) is 4.30. The zero-order valence-corrected chi connectivity index (χ0v) is 14.9. The number of ether oxygens (including phenoxy) is 2. The highest BCUT2D eigenvalue weighted by Gasteiger charge is 2.48. The quantitative estimate of drug-likeness (QED) is 0.719. The first-order valence-electron chi connectivity index (χ1n) is 9.55. The van der Waals surface area contributed by atoms with Crippen molar-refractivity contribution in [3.8, 4) is 0 Å². The minimum absolute atomic E-state index is 0.179. The predicted molar refractivity (Wildman–Crippen MR) is 93.8 cm³/mol. The molecule has 0 radical (unpaired) electrons. The van der Waals surface area contributed by atoms with E-state index in [9.17, 15) is 0 Å². The largest absolute Gasteiger partial charge is 0.377 e. The average molecular weight is 330 g/mol. The molecule has 2 saturated heterocycles. The second-order valence-corrected chi connectivity index (χ2v) is 8.22. The molecule has 132 valence electrons. The van der Waals surface area contributed by atoms with Crippen molar-refractivity contribution in [3.63, 3.8) is 0 Å². The highest BCUT2D eigenvalue weighted by Crippen LogP contribution is 2.40. The number of aryl methyl sites for hydroxylation is 1. The molecule has 1 spiro atoms. The van der Waals surface area contributed by atoms with Crippen molar-refractivity contribution in [3.05, 3.63) is 29.6 Å². The Labute approximate surface area is 145 Å². The van der Waals surface area contributed by atoms with E-state index in [2.05, 4.69) is 22.9 Å². The smallest absolute Gasteiger partial charge is 0.0937 e. The van der Waals surface area contributed by atoms with Gasteiger partial charge in [-0.05, 0) is 62.0 Å². The first-order valence-corrected chi connectivity index (χ1v) is 9.55. The maximum atomic E-state index is 6.16. The van der Waals surface area contributed by atoms with E-state index in [1.165, 1.54) is 43.4 Å². The highest BCUT2D eigenvalue weighted by molar-refractivity contribution is 5.15. The highest BCUT2D eigenvalue weighted by atomic mass is 16.5. The Balaban J connectivity index is 1.16. The zero-order valence-electron chi connectivity index (χ0n) is 14.9. The van der Waals surface area contributed by atoms with Crippen molar-refractivity contribution < 1.29 is 9.47 Å². The summed E-state index contributed by atoms with van der Waals surface area (Å²) in [5, 5.41) is 0. The molecular formula is C20H30N2O2. The lowest BCUT2D eigenvalue weighted by Gasteiger charge is -2.53. The summed E-state index contributed by atoms with van der Waals surface area (Å²) in [4.78, 5) is 6.82. The summed E-state index contributed by atoms with van der Waals surface area (Å²) >= 11 is 0. The van der Waals surface area contributed by atoms with Crippen LogP contribution in [0.5, 0.6) is 0 Å². The van der Waals surface area contributed by atoms with E-state index in [0.717, 1.165) is 44.6 Å². The molecule has 2 aliphatic heterocycles. The third-order valence-corrected chi connectivity index (χ3v) is 5.70. The number of rotatable bonds is 7. The molecule has 1 aromatic rings. The molecule has 0 aromatic carbocycles. The topological polar surface area (TPSA) is 34.6 Å². The molecule has 1 aliphatic carbocycles. The second kappa shape index (κ2) is 7.11. The molecule has 4 heteroatoms. The number of aromatic nitrogens is 1. The third kappa shape index (κ3) is 4.16. The monoisotopic (exact) mass is 330 g/mol. The van der Waals surface area contributed by atoms with Gasteiger partial charge in [0.1, 0.15) is 0 Å². The van der Waals surface area contributed by atoms with Crippen molar-refractivity contribution in [1.82, 2.24) is 9.88 Å². The molecular weight excluding hydrogens is 300 g/mol. The van der Waals surface area contributed by atoms with Gasteiger partial charge in [0.2, 0.25) is 0 Å². The fraction of sp³-hybridized carbons (Fsp3) is 0.750. The van der Waals surface area contributed by atoms with Crippen LogP contribution >= 0.6 is 0 Å². The zero-order chi connectivity index (χ0) is 16.4. The molecule has 1 aromatic heterocycles. The summed E-state index contributed by atoms with van der Waals surface area (Å²) in [6, 6.07) is 2.15. The number of pyridine rings is 1. The lowest BCUT2D eigenvalue weighted by Crippen LogP contribution is -2.65. The standard InChI is InChI=1S/C20H30N2O2/c1-16-8-19(11-21-10-16)13-23-6-4-17-5-7-24-20(9-17)14-22(15-20)12-18-2-3-18/h8,10-11,17-18H,2-7,9,12-15H2,1H3/t17-/m0/s1. The Morgan fingerprint density at radius 3 is 2.92 bits per heavy atom. The van der Waals surface area contributed by atoms with Gasteiger partial charge in [0.25, 0.3) is 0 Å². The van der Waals surface area contributed by atoms with Crippen LogP contribution in [0.15, 0.2) is 18.5 Å². The summed E-state index contributed by atoms with van der Waals surface area (Å²) in [5.41, 5.74) is 2.55.